The van der Waals surface area contributed by atoms with E-state index >= 15 is 0 Å². The molecule has 3 aliphatic rings. The molecule has 6 aromatic rings. The molecule has 15 heteroatoms. The number of hydrogen-bond acceptors (Lipinski definition) is 14. The number of aliphatic hydroxyl groups is 1. The standard InChI is InChI=1S/C27H30N6O3.C21H19N3O3.C2H6/c1-17(2)35-24-9-6-18(14-19(24)15-28)27-31-26(32-36-27)22-5-3-4-21-20(22)7-8-23(21)30-16-25(34)33-12-10-29-11-13-33;1-12(2)26-19-9-6-13(10-14(19)11-22)21-23-20(24-27-21)17-5-3-4-16-15(17)7-8-18(16)25;1-2/h3-6,9,14,17,23,29-30H,7-8,10-13,16H2,1-2H3;3-6,9-10,12,18,25H,7-8H2,1-2H3;1-2H3/t23-;18-;/m11./s1. The van der Waals surface area contributed by atoms with Crippen molar-refractivity contribution in [2.24, 2.45) is 0 Å². The highest BCUT2D eigenvalue weighted by molar-refractivity contribution is 5.78. The molecular weight excluding hydrogens is 823 g/mol. The molecule has 0 bridgehead atoms. The van der Waals surface area contributed by atoms with Crippen LogP contribution in [-0.4, -0.2) is 81.1 Å². The third kappa shape index (κ3) is 10.6. The number of hydrogen-bond donors (Lipinski definition) is 3. The van der Waals surface area contributed by atoms with Gasteiger partial charge in [0.1, 0.15) is 23.6 Å². The topological polar surface area (TPSA) is 208 Å². The van der Waals surface area contributed by atoms with Gasteiger partial charge in [0, 0.05) is 54.5 Å². The predicted molar refractivity (Wildman–Crippen MR) is 244 cm³/mol. The van der Waals surface area contributed by atoms with E-state index in [1.54, 1.807) is 30.3 Å². The van der Waals surface area contributed by atoms with Crippen LogP contribution in [0.4, 0.5) is 0 Å². The molecule has 4 aromatic carbocycles. The number of carbonyl (C=O) groups excluding carboxylic acids is 1. The number of benzene rings is 4. The first-order valence-electron chi connectivity index (χ1n) is 22.3. The van der Waals surface area contributed by atoms with Gasteiger partial charge in [0.2, 0.25) is 17.6 Å². The van der Waals surface area contributed by atoms with Gasteiger partial charge in [-0.05, 0) is 112 Å². The van der Waals surface area contributed by atoms with Crippen molar-refractivity contribution in [1.82, 2.24) is 35.8 Å². The second-order valence-corrected chi connectivity index (χ2v) is 16.2. The lowest BCUT2D eigenvalue weighted by Gasteiger charge is -2.28. The van der Waals surface area contributed by atoms with E-state index in [-0.39, 0.29) is 24.2 Å². The Morgan fingerprint density at radius 2 is 1.29 bits per heavy atom. The fourth-order valence-electron chi connectivity index (χ4n) is 8.27. The van der Waals surface area contributed by atoms with Crippen LogP contribution in [-0.2, 0) is 17.6 Å². The Morgan fingerprint density at radius 3 is 1.82 bits per heavy atom. The van der Waals surface area contributed by atoms with Crippen molar-refractivity contribution in [2.75, 3.05) is 32.7 Å². The van der Waals surface area contributed by atoms with Gasteiger partial charge in [0.15, 0.2) is 0 Å². The summed E-state index contributed by atoms with van der Waals surface area (Å²) in [4.78, 5) is 23.6. The van der Waals surface area contributed by atoms with Crippen LogP contribution in [0.15, 0.2) is 81.8 Å². The number of piperazine rings is 1. The van der Waals surface area contributed by atoms with Gasteiger partial charge in [-0.2, -0.15) is 20.5 Å². The smallest absolute Gasteiger partial charge is 0.258 e. The zero-order valence-electron chi connectivity index (χ0n) is 37.7. The Morgan fingerprint density at radius 1 is 0.785 bits per heavy atom. The van der Waals surface area contributed by atoms with Gasteiger partial charge in [-0.25, -0.2) is 0 Å². The minimum absolute atomic E-state index is 0.0199. The largest absolute Gasteiger partial charge is 0.490 e. The summed E-state index contributed by atoms with van der Waals surface area (Å²) in [6, 6.07) is 26.8. The number of nitrogens with zero attached hydrogens (tertiary/aromatic N) is 7. The number of aliphatic hydroxyl groups excluding tert-OH is 1. The second kappa shape index (κ2) is 21.2. The van der Waals surface area contributed by atoms with Crippen LogP contribution in [0.25, 0.3) is 45.7 Å². The third-order valence-corrected chi connectivity index (χ3v) is 11.2. The van der Waals surface area contributed by atoms with E-state index < -0.39 is 6.10 Å². The molecule has 2 atom stereocenters. The van der Waals surface area contributed by atoms with Crippen LogP contribution in [0.2, 0.25) is 0 Å². The lowest BCUT2D eigenvalue weighted by Crippen LogP contribution is -2.49. The van der Waals surface area contributed by atoms with Crippen molar-refractivity contribution in [1.29, 1.82) is 10.5 Å². The molecule has 2 aliphatic carbocycles. The van der Waals surface area contributed by atoms with E-state index in [1.165, 1.54) is 11.1 Å². The number of fused-ring (bicyclic) bond motifs is 2. The van der Waals surface area contributed by atoms with Gasteiger partial charge in [-0.1, -0.05) is 60.6 Å². The predicted octanol–water partition coefficient (Wildman–Crippen LogP) is 8.14. The summed E-state index contributed by atoms with van der Waals surface area (Å²) in [5.41, 5.74) is 8.32. The molecule has 15 nitrogen and oxygen atoms in total. The average molecular weight is 878 g/mol. The van der Waals surface area contributed by atoms with E-state index in [1.807, 2.05) is 82.8 Å². The van der Waals surface area contributed by atoms with E-state index in [0.29, 0.717) is 70.1 Å². The number of rotatable bonds is 11. The van der Waals surface area contributed by atoms with Crippen LogP contribution >= 0.6 is 0 Å². The minimum Gasteiger partial charge on any atom is -0.490 e. The summed E-state index contributed by atoms with van der Waals surface area (Å²) in [5.74, 6) is 2.90. The average Bonchev–Trinajstić information content (AvgIpc) is 4.17. The molecule has 1 saturated heterocycles. The third-order valence-electron chi connectivity index (χ3n) is 11.2. The molecule has 1 amide bonds. The summed E-state index contributed by atoms with van der Waals surface area (Å²) >= 11 is 0. The van der Waals surface area contributed by atoms with E-state index in [4.69, 9.17) is 18.5 Å². The zero-order chi connectivity index (χ0) is 46.0. The molecule has 0 unspecified atom stereocenters. The SMILES string of the molecule is CC.CC(C)Oc1ccc(-c2nc(-c3cccc4c3CC[C@H]4NCC(=O)N3CCNCC3)no2)cc1C#N.CC(C)Oc1ccc(-c2nc(-c3cccc4c3CC[C@H]4O)no2)cc1C#N. The van der Waals surface area contributed by atoms with Gasteiger partial charge < -0.3 is 39.2 Å². The van der Waals surface area contributed by atoms with Crippen molar-refractivity contribution in [3.63, 3.8) is 0 Å². The van der Waals surface area contributed by atoms with Crippen molar-refractivity contribution in [3.05, 3.63) is 106 Å². The molecule has 2 aromatic heterocycles. The van der Waals surface area contributed by atoms with Gasteiger partial charge in [0.05, 0.1) is 36.0 Å². The Hall–Kier alpha value is -6.91. The van der Waals surface area contributed by atoms with Gasteiger partial charge in [0.25, 0.3) is 11.8 Å². The molecule has 1 aliphatic heterocycles. The molecule has 336 valence electrons. The molecule has 0 spiro atoms. The van der Waals surface area contributed by atoms with E-state index in [9.17, 15) is 20.4 Å². The summed E-state index contributed by atoms with van der Waals surface area (Å²) in [6.07, 6.45) is 2.79. The Kier molecular flexibility index (Phi) is 15.0. The van der Waals surface area contributed by atoms with E-state index in [2.05, 4.69) is 49.1 Å². The highest BCUT2D eigenvalue weighted by Crippen LogP contribution is 2.39. The molecule has 3 N–H and O–H groups in total. The zero-order valence-corrected chi connectivity index (χ0v) is 37.7. The number of aromatic nitrogens is 4. The van der Waals surface area contributed by atoms with Crippen LogP contribution < -0.4 is 20.1 Å². The minimum atomic E-state index is -0.432. The molecule has 1 fully saturated rings. The number of amides is 1. The number of nitrogens with one attached hydrogen (secondary N) is 2. The maximum atomic E-state index is 12.6. The molecular formula is C50H55N9O6. The van der Waals surface area contributed by atoms with Gasteiger partial charge >= 0.3 is 0 Å². The molecule has 65 heavy (non-hydrogen) atoms. The normalized spacial score (nSPS) is 16.1. The summed E-state index contributed by atoms with van der Waals surface area (Å²) in [6.45, 7) is 15.2. The highest BCUT2D eigenvalue weighted by Gasteiger charge is 2.28. The van der Waals surface area contributed by atoms with Crippen molar-refractivity contribution in [2.45, 2.75) is 91.6 Å². The number of ether oxygens (including phenoxy) is 2. The Bertz CT molecular complexity index is 2690. The lowest BCUT2D eigenvalue weighted by molar-refractivity contribution is -0.130. The maximum Gasteiger partial charge on any atom is 0.258 e. The molecule has 3 heterocycles. The second-order valence-electron chi connectivity index (χ2n) is 16.2. The Balaban J connectivity index is 0.000000194. The van der Waals surface area contributed by atoms with Crippen LogP contribution in [0.1, 0.15) is 99.9 Å². The maximum absolute atomic E-state index is 12.6. The molecule has 9 rings (SSSR count). The highest BCUT2D eigenvalue weighted by atomic mass is 16.5. The van der Waals surface area contributed by atoms with Crippen LogP contribution in [0, 0.1) is 22.7 Å². The number of carbonyl (C=O) groups is 1. The lowest BCUT2D eigenvalue weighted by atomic mass is 10.0. The van der Waals surface area contributed by atoms with Crippen molar-refractivity contribution < 1.29 is 28.4 Å². The summed E-state index contributed by atoms with van der Waals surface area (Å²) in [7, 11) is 0. The van der Waals surface area contributed by atoms with Gasteiger partial charge in [-0.15, -0.1) is 0 Å². The number of nitriles is 2. The Labute approximate surface area is 379 Å². The fourth-order valence-corrected chi connectivity index (χ4v) is 8.27. The fraction of sp³-hybridized carbons (Fsp3) is 0.380. The first kappa shape index (κ1) is 46.1. The quantitative estimate of drug-likeness (QED) is 0.112. The van der Waals surface area contributed by atoms with Crippen molar-refractivity contribution >= 4 is 5.91 Å². The molecule has 0 radical (unpaired) electrons. The van der Waals surface area contributed by atoms with Crippen LogP contribution in [0.3, 0.4) is 0 Å². The monoisotopic (exact) mass is 877 g/mol. The summed E-state index contributed by atoms with van der Waals surface area (Å²) < 4.78 is 22.4. The first-order valence-corrected chi connectivity index (χ1v) is 22.3. The van der Waals surface area contributed by atoms with E-state index in [0.717, 1.165) is 67.7 Å². The summed E-state index contributed by atoms with van der Waals surface area (Å²) in [5, 5.41) is 44.1. The van der Waals surface area contributed by atoms with Crippen molar-refractivity contribution in [3.8, 4) is 69.3 Å². The first-order chi connectivity index (χ1) is 31.6. The van der Waals surface area contributed by atoms with Crippen LogP contribution in [0.5, 0.6) is 11.5 Å². The van der Waals surface area contributed by atoms with Gasteiger partial charge in [-0.3, -0.25) is 4.79 Å². The molecule has 0 saturated carbocycles.